The fourth-order valence-electron chi connectivity index (χ4n) is 2.87. The van der Waals surface area contributed by atoms with Crippen molar-refractivity contribution in [3.8, 4) is 11.5 Å². The van der Waals surface area contributed by atoms with E-state index in [1.54, 1.807) is 32.4 Å². The minimum atomic E-state index is -0.229. The lowest BCUT2D eigenvalue weighted by atomic mass is 10.1. The van der Waals surface area contributed by atoms with Gasteiger partial charge in [0, 0.05) is 0 Å². The normalized spacial score (nSPS) is 20.9. The van der Waals surface area contributed by atoms with E-state index in [2.05, 4.69) is 26.5 Å². The predicted octanol–water partition coefficient (Wildman–Crippen LogP) is 4.51. The van der Waals surface area contributed by atoms with Gasteiger partial charge in [-0.15, -0.1) is 0 Å². The van der Waals surface area contributed by atoms with Crippen LogP contribution in [0.4, 0.5) is 0 Å². The second-order valence-corrected chi connectivity index (χ2v) is 8.01. The van der Waals surface area contributed by atoms with Crippen molar-refractivity contribution in [2.75, 3.05) is 14.2 Å². The molecule has 1 aromatic carbocycles. The van der Waals surface area contributed by atoms with Crippen molar-refractivity contribution in [2.24, 2.45) is 22.4 Å². The second kappa shape index (κ2) is 7.98. The van der Waals surface area contributed by atoms with Crippen LogP contribution >= 0.6 is 39.1 Å². The van der Waals surface area contributed by atoms with Gasteiger partial charge in [0.15, 0.2) is 0 Å². The Morgan fingerprint density at radius 3 is 2.44 bits per heavy atom. The lowest BCUT2D eigenvalue weighted by molar-refractivity contribution is -0.123. The number of hydrazone groups is 1. The molecular formula is C17H19BrCl2N2O3. The van der Waals surface area contributed by atoms with Crippen molar-refractivity contribution in [1.29, 1.82) is 0 Å². The SMILES string of the molecule is COc1ccc(OC)c(C=NNC(=O)C2C(C=C(Cl)Cl)C2(C)C)c1Br. The van der Waals surface area contributed by atoms with Crippen molar-refractivity contribution in [3.05, 3.63) is 32.7 Å². The molecule has 1 aliphatic rings. The smallest absolute Gasteiger partial charge is 0.244 e. The molecule has 25 heavy (non-hydrogen) atoms. The Labute approximate surface area is 165 Å². The predicted molar refractivity (Wildman–Crippen MR) is 104 cm³/mol. The molecule has 0 heterocycles. The summed E-state index contributed by atoms with van der Waals surface area (Å²) in [4.78, 5) is 12.4. The van der Waals surface area contributed by atoms with Crippen LogP contribution in [0.2, 0.25) is 0 Å². The van der Waals surface area contributed by atoms with Crippen LogP contribution in [-0.2, 0) is 4.79 Å². The molecule has 2 rings (SSSR count). The largest absolute Gasteiger partial charge is 0.496 e. The molecular weight excluding hydrogens is 431 g/mol. The van der Waals surface area contributed by atoms with E-state index in [1.165, 1.54) is 6.21 Å². The number of halogens is 3. The Morgan fingerprint density at radius 1 is 1.28 bits per heavy atom. The van der Waals surface area contributed by atoms with Crippen LogP contribution < -0.4 is 14.9 Å². The molecule has 2 atom stereocenters. The first-order chi connectivity index (χ1) is 11.7. The number of carbonyl (C=O) groups is 1. The standard InChI is InChI=1S/C17H19BrCl2N2O3/c1-17(2)10(7-13(19)20)14(17)16(23)22-21-8-9-11(24-3)5-6-12(25-4)15(9)18/h5-8,10,14H,1-4H3,(H,22,23). The van der Waals surface area contributed by atoms with Crippen LogP contribution in [0.3, 0.4) is 0 Å². The molecule has 0 saturated heterocycles. The topological polar surface area (TPSA) is 59.9 Å². The number of hydrogen-bond acceptors (Lipinski definition) is 4. The van der Waals surface area contributed by atoms with Crippen LogP contribution in [0, 0.1) is 17.3 Å². The molecule has 1 fully saturated rings. The van der Waals surface area contributed by atoms with Gasteiger partial charge in [0.1, 0.15) is 16.0 Å². The van der Waals surface area contributed by atoms with Crippen molar-refractivity contribution in [3.63, 3.8) is 0 Å². The van der Waals surface area contributed by atoms with Crippen molar-refractivity contribution < 1.29 is 14.3 Å². The highest BCUT2D eigenvalue weighted by Gasteiger charge is 2.60. The summed E-state index contributed by atoms with van der Waals surface area (Å²) >= 11 is 14.9. The summed E-state index contributed by atoms with van der Waals surface area (Å²) in [7, 11) is 3.13. The highest BCUT2D eigenvalue weighted by molar-refractivity contribution is 9.10. The van der Waals surface area contributed by atoms with Gasteiger partial charge in [-0.3, -0.25) is 4.79 Å². The monoisotopic (exact) mass is 448 g/mol. The first kappa shape index (κ1) is 20.1. The minimum Gasteiger partial charge on any atom is -0.496 e. The maximum absolute atomic E-state index is 12.4. The first-order valence-corrected chi connectivity index (χ1v) is 9.05. The summed E-state index contributed by atoms with van der Waals surface area (Å²) in [5.41, 5.74) is 3.02. The number of nitrogens with one attached hydrogen (secondary N) is 1. The van der Waals surface area contributed by atoms with E-state index in [-0.39, 0.29) is 27.6 Å². The van der Waals surface area contributed by atoms with E-state index < -0.39 is 0 Å². The zero-order valence-corrected chi connectivity index (χ0v) is 17.4. The molecule has 0 aliphatic heterocycles. The molecule has 1 amide bonds. The van der Waals surface area contributed by atoms with E-state index in [0.717, 1.165) is 0 Å². The molecule has 0 bridgehead atoms. The highest BCUT2D eigenvalue weighted by Crippen LogP contribution is 2.59. The highest BCUT2D eigenvalue weighted by atomic mass is 79.9. The van der Waals surface area contributed by atoms with Crippen LogP contribution in [0.5, 0.6) is 11.5 Å². The average molecular weight is 450 g/mol. The van der Waals surface area contributed by atoms with Gasteiger partial charge < -0.3 is 9.47 Å². The Kier molecular flexibility index (Phi) is 6.40. The number of methoxy groups -OCH3 is 2. The molecule has 0 radical (unpaired) electrons. The lowest BCUT2D eigenvalue weighted by Gasteiger charge is -2.10. The van der Waals surface area contributed by atoms with E-state index >= 15 is 0 Å². The van der Waals surface area contributed by atoms with Gasteiger partial charge in [0.05, 0.1) is 36.4 Å². The second-order valence-electron chi connectivity index (χ2n) is 6.21. The van der Waals surface area contributed by atoms with Crippen LogP contribution in [0.25, 0.3) is 0 Å². The minimum absolute atomic E-state index is 0.00853. The van der Waals surface area contributed by atoms with Crippen molar-refractivity contribution in [2.45, 2.75) is 13.8 Å². The summed E-state index contributed by atoms with van der Waals surface area (Å²) < 4.78 is 11.4. The molecule has 0 spiro atoms. The average Bonchev–Trinajstić information content (AvgIpc) is 3.08. The van der Waals surface area contributed by atoms with E-state index in [4.69, 9.17) is 32.7 Å². The molecule has 0 aromatic heterocycles. The molecule has 2 unspecified atom stereocenters. The number of hydrogen-bond donors (Lipinski definition) is 1. The Bertz CT molecular complexity index is 731. The van der Waals surface area contributed by atoms with Gasteiger partial charge in [-0.05, 0) is 45.5 Å². The molecule has 136 valence electrons. The van der Waals surface area contributed by atoms with E-state index in [1.807, 2.05) is 13.8 Å². The Morgan fingerprint density at radius 2 is 1.88 bits per heavy atom. The van der Waals surface area contributed by atoms with E-state index in [0.29, 0.717) is 21.5 Å². The fraction of sp³-hybridized carbons (Fsp3) is 0.412. The molecule has 1 N–H and O–H groups in total. The third-order valence-electron chi connectivity index (χ3n) is 4.41. The van der Waals surface area contributed by atoms with Gasteiger partial charge in [-0.1, -0.05) is 37.0 Å². The number of carbonyl (C=O) groups excluding carboxylic acids is 1. The number of rotatable bonds is 6. The summed E-state index contributed by atoms with van der Waals surface area (Å²) in [5.74, 6) is 0.819. The van der Waals surface area contributed by atoms with Crippen LogP contribution in [-0.4, -0.2) is 26.3 Å². The number of ether oxygens (including phenoxy) is 2. The van der Waals surface area contributed by atoms with Gasteiger partial charge >= 0.3 is 0 Å². The summed E-state index contributed by atoms with van der Waals surface area (Å²) in [6.07, 6.45) is 3.21. The van der Waals surface area contributed by atoms with Crippen LogP contribution in [0.1, 0.15) is 19.4 Å². The third-order valence-corrected chi connectivity index (χ3v) is 5.48. The molecule has 8 heteroatoms. The third kappa shape index (κ3) is 4.30. The molecule has 1 saturated carbocycles. The maximum Gasteiger partial charge on any atom is 0.244 e. The van der Waals surface area contributed by atoms with E-state index in [9.17, 15) is 4.79 Å². The quantitative estimate of drug-likeness (QED) is 0.513. The number of allylic oxidation sites excluding steroid dienone is 1. The molecule has 5 nitrogen and oxygen atoms in total. The van der Waals surface area contributed by atoms with Gasteiger partial charge in [-0.2, -0.15) is 5.10 Å². The first-order valence-electron chi connectivity index (χ1n) is 7.50. The van der Waals surface area contributed by atoms with Crippen molar-refractivity contribution in [1.82, 2.24) is 5.43 Å². The van der Waals surface area contributed by atoms with Gasteiger partial charge in [0.25, 0.3) is 0 Å². The van der Waals surface area contributed by atoms with Crippen molar-refractivity contribution >= 4 is 51.3 Å². The number of benzene rings is 1. The number of nitrogens with zero attached hydrogens (tertiary/aromatic N) is 1. The van der Waals surface area contributed by atoms with Crippen LogP contribution in [0.15, 0.2) is 32.3 Å². The summed E-state index contributed by atoms with van der Waals surface area (Å²) in [6, 6.07) is 3.54. The number of amides is 1. The zero-order chi connectivity index (χ0) is 18.8. The fourth-order valence-corrected chi connectivity index (χ4v) is 3.73. The Balaban J connectivity index is 2.12. The van der Waals surface area contributed by atoms with Gasteiger partial charge in [0.2, 0.25) is 5.91 Å². The van der Waals surface area contributed by atoms with Gasteiger partial charge in [-0.25, -0.2) is 5.43 Å². The summed E-state index contributed by atoms with van der Waals surface area (Å²) in [5, 5.41) is 4.05. The Hall–Kier alpha value is -1.24. The maximum atomic E-state index is 12.4. The molecule has 1 aromatic rings. The lowest BCUT2D eigenvalue weighted by Crippen LogP contribution is -2.22. The zero-order valence-electron chi connectivity index (χ0n) is 14.3. The molecule has 1 aliphatic carbocycles. The summed E-state index contributed by atoms with van der Waals surface area (Å²) in [6.45, 7) is 3.97.